The summed E-state index contributed by atoms with van der Waals surface area (Å²) in [7, 11) is 0. The van der Waals surface area contributed by atoms with Gasteiger partial charge in [0.25, 0.3) is 0 Å². The highest BCUT2D eigenvalue weighted by Crippen LogP contribution is 2.04. The fourth-order valence-electron chi connectivity index (χ4n) is 1.45. The normalized spacial score (nSPS) is 10.5. The summed E-state index contributed by atoms with van der Waals surface area (Å²) in [5, 5.41) is 0. The number of hydrogen-bond acceptors (Lipinski definition) is 1. The molecule has 0 amide bonds. The fourth-order valence-corrected chi connectivity index (χ4v) is 1.45. The van der Waals surface area contributed by atoms with Gasteiger partial charge in [-0.3, -0.25) is 4.99 Å². The van der Waals surface area contributed by atoms with Gasteiger partial charge >= 0.3 is 0 Å². The SMILES string of the molecule is C=C(C)/C=C\C.C=CC=C(C)C.C=CN=C(C)/C(=C/C=C\C)CC.CC. The van der Waals surface area contributed by atoms with Crippen molar-refractivity contribution in [1.82, 2.24) is 0 Å². The van der Waals surface area contributed by atoms with Crippen molar-refractivity contribution >= 4 is 5.71 Å². The van der Waals surface area contributed by atoms with Crippen LogP contribution in [0, 0.1) is 0 Å². The summed E-state index contributed by atoms with van der Waals surface area (Å²) in [5.41, 5.74) is 4.71. The molecule has 0 spiro atoms. The Morgan fingerprint density at radius 1 is 0.923 bits per heavy atom. The third kappa shape index (κ3) is 33.5. The van der Waals surface area contributed by atoms with Gasteiger partial charge in [0.15, 0.2) is 0 Å². The molecule has 0 bridgehead atoms. The van der Waals surface area contributed by atoms with E-state index in [1.807, 2.05) is 85.8 Å². The van der Waals surface area contributed by atoms with Crippen LogP contribution < -0.4 is 0 Å². The van der Waals surface area contributed by atoms with Gasteiger partial charge in [-0.2, -0.15) is 0 Å². The second-order valence-corrected chi connectivity index (χ2v) is 5.29. The van der Waals surface area contributed by atoms with E-state index in [0.717, 1.165) is 17.7 Å². The van der Waals surface area contributed by atoms with E-state index in [9.17, 15) is 0 Å². The third-order valence-corrected chi connectivity index (χ3v) is 2.52. The van der Waals surface area contributed by atoms with Crippen LogP contribution in [0.5, 0.6) is 0 Å². The van der Waals surface area contributed by atoms with Gasteiger partial charge in [-0.1, -0.05) is 94.2 Å². The lowest BCUT2D eigenvalue weighted by Crippen LogP contribution is -1.94. The van der Waals surface area contributed by atoms with Crippen LogP contribution in [0.2, 0.25) is 0 Å². The van der Waals surface area contributed by atoms with E-state index in [4.69, 9.17) is 0 Å². The van der Waals surface area contributed by atoms with E-state index < -0.39 is 0 Å². The third-order valence-electron chi connectivity index (χ3n) is 2.52. The molecule has 0 atom stereocenters. The van der Waals surface area contributed by atoms with E-state index in [-0.39, 0.29) is 0 Å². The summed E-state index contributed by atoms with van der Waals surface area (Å²) >= 11 is 0. The minimum absolute atomic E-state index is 1.01. The lowest BCUT2D eigenvalue weighted by molar-refractivity contribution is 1.16. The topological polar surface area (TPSA) is 12.4 Å². The Balaban J connectivity index is -0.000000146. The molecule has 148 valence electrons. The fraction of sp³-hybridized carbons (Fsp3) is 0.400. The Bertz CT molecular complexity index is 490. The predicted molar refractivity (Wildman–Crippen MR) is 127 cm³/mol. The Morgan fingerprint density at radius 2 is 1.46 bits per heavy atom. The summed E-state index contributed by atoms with van der Waals surface area (Å²) in [6, 6.07) is 0. The molecule has 0 saturated carbocycles. The van der Waals surface area contributed by atoms with Crippen LogP contribution in [0.25, 0.3) is 0 Å². The van der Waals surface area contributed by atoms with Crippen molar-refractivity contribution in [1.29, 1.82) is 0 Å². The van der Waals surface area contributed by atoms with E-state index in [1.54, 1.807) is 12.3 Å². The average Bonchev–Trinajstić information content (AvgIpc) is 2.58. The lowest BCUT2D eigenvalue weighted by Gasteiger charge is -2.00. The maximum Gasteiger partial charge on any atom is 0.0404 e. The van der Waals surface area contributed by atoms with Crippen LogP contribution in [0.3, 0.4) is 0 Å². The number of aliphatic imine (C=N–C) groups is 1. The first kappa shape index (κ1) is 31.6. The Kier molecular flexibility index (Phi) is 33.7. The summed E-state index contributed by atoms with van der Waals surface area (Å²) in [6.07, 6.45) is 16.4. The number of nitrogens with zero attached hydrogens (tertiary/aromatic N) is 1. The molecule has 0 aromatic carbocycles. The van der Waals surface area contributed by atoms with Crippen LogP contribution in [-0.2, 0) is 0 Å². The van der Waals surface area contributed by atoms with Crippen molar-refractivity contribution in [2.45, 2.75) is 68.7 Å². The molecule has 1 heteroatoms. The van der Waals surface area contributed by atoms with Crippen molar-refractivity contribution in [3.8, 4) is 0 Å². The van der Waals surface area contributed by atoms with Crippen molar-refractivity contribution in [2.75, 3.05) is 0 Å². The zero-order valence-corrected chi connectivity index (χ0v) is 18.9. The molecular weight excluding hydrogens is 314 g/mol. The molecule has 0 aliphatic rings. The molecule has 26 heavy (non-hydrogen) atoms. The minimum Gasteiger partial charge on any atom is -0.262 e. The maximum absolute atomic E-state index is 4.13. The first-order valence-electron chi connectivity index (χ1n) is 9.32. The predicted octanol–water partition coefficient (Wildman–Crippen LogP) is 8.81. The zero-order chi connectivity index (χ0) is 21.4. The monoisotopic (exact) mass is 357 g/mol. The second-order valence-electron chi connectivity index (χ2n) is 5.29. The maximum atomic E-state index is 4.13. The average molecular weight is 358 g/mol. The molecular formula is C25H43N. The lowest BCUT2D eigenvalue weighted by atomic mass is 10.1. The molecule has 0 aliphatic carbocycles. The number of allylic oxidation sites excluding steroid dienone is 10. The molecule has 0 heterocycles. The van der Waals surface area contributed by atoms with Gasteiger partial charge in [0.05, 0.1) is 0 Å². The van der Waals surface area contributed by atoms with Gasteiger partial charge in [-0.05, 0) is 53.5 Å². The van der Waals surface area contributed by atoms with E-state index in [1.165, 1.54) is 11.1 Å². The molecule has 0 aromatic heterocycles. The molecule has 0 fully saturated rings. The van der Waals surface area contributed by atoms with Crippen LogP contribution >= 0.6 is 0 Å². The van der Waals surface area contributed by atoms with Gasteiger partial charge in [0, 0.05) is 11.9 Å². The first-order chi connectivity index (χ1) is 12.3. The molecule has 0 unspecified atom stereocenters. The van der Waals surface area contributed by atoms with Crippen molar-refractivity contribution < 1.29 is 0 Å². The van der Waals surface area contributed by atoms with Crippen LogP contribution in [0.15, 0.2) is 90.2 Å². The highest BCUT2D eigenvalue weighted by Gasteiger charge is 1.94. The summed E-state index contributed by atoms with van der Waals surface area (Å²) < 4.78 is 0. The molecule has 0 radical (unpaired) electrons. The zero-order valence-electron chi connectivity index (χ0n) is 18.9. The van der Waals surface area contributed by atoms with Gasteiger partial charge in [0.2, 0.25) is 0 Å². The summed E-state index contributed by atoms with van der Waals surface area (Å²) in [4.78, 5) is 4.13. The van der Waals surface area contributed by atoms with Crippen LogP contribution in [0.4, 0.5) is 0 Å². The van der Waals surface area contributed by atoms with Gasteiger partial charge in [0.1, 0.15) is 0 Å². The van der Waals surface area contributed by atoms with Crippen LogP contribution in [0.1, 0.15) is 68.7 Å². The van der Waals surface area contributed by atoms with E-state index in [2.05, 4.69) is 37.7 Å². The van der Waals surface area contributed by atoms with Gasteiger partial charge in [-0.15, -0.1) is 0 Å². The highest BCUT2D eigenvalue weighted by molar-refractivity contribution is 5.98. The molecule has 1 nitrogen and oxygen atoms in total. The smallest absolute Gasteiger partial charge is 0.0404 e. The summed E-state index contributed by atoms with van der Waals surface area (Å²) in [6.45, 7) is 28.9. The van der Waals surface area contributed by atoms with Crippen molar-refractivity contribution in [3.63, 3.8) is 0 Å². The minimum atomic E-state index is 1.01. The number of rotatable bonds is 6. The van der Waals surface area contributed by atoms with Crippen LogP contribution in [-0.4, -0.2) is 5.71 Å². The quantitative estimate of drug-likeness (QED) is 0.332. The Labute approximate surface area is 165 Å². The van der Waals surface area contributed by atoms with Gasteiger partial charge in [-0.25, -0.2) is 0 Å². The molecule has 0 N–H and O–H groups in total. The Hall–Kier alpha value is -2.15. The van der Waals surface area contributed by atoms with Crippen molar-refractivity contribution in [3.05, 3.63) is 85.2 Å². The second kappa shape index (κ2) is 27.7. The first-order valence-corrected chi connectivity index (χ1v) is 9.32. The Morgan fingerprint density at radius 3 is 1.65 bits per heavy atom. The van der Waals surface area contributed by atoms with E-state index in [0.29, 0.717) is 0 Å². The standard InChI is InChI=1S/C11H17N.2C6H10.C2H6/c1-5-8-9-11(6-2)10(4)12-7-3;2*1-4-5-6(2)3;1-2/h5,7-9H,3,6H2,1-2,4H3;4-5H,2H2,1,3H3;4-5H,1H2,2-3H3;1-2H3/b8-5-,11-9+,12-10?;5-4-;;. The van der Waals surface area contributed by atoms with Crippen molar-refractivity contribution in [2.24, 2.45) is 4.99 Å². The molecule has 0 aliphatic heterocycles. The molecule has 0 saturated heterocycles. The molecule has 0 rings (SSSR count). The van der Waals surface area contributed by atoms with Gasteiger partial charge < -0.3 is 0 Å². The number of hydrogen-bond donors (Lipinski definition) is 0. The highest BCUT2D eigenvalue weighted by atomic mass is 14.7. The summed E-state index contributed by atoms with van der Waals surface area (Å²) in [5.74, 6) is 0. The molecule has 0 aromatic rings. The largest absolute Gasteiger partial charge is 0.262 e. The van der Waals surface area contributed by atoms with E-state index >= 15 is 0 Å².